The van der Waals surface area contributed by atoms with Crippen LogP contribution in [0.15, 0.2) is 35.5 Å². The zero-order valence-electron chi connectivity index (χ0n) is 10.9. The third-order valence-electron chi connectivity index (χ3n) is 2.69. The van der Waals surface area contributed by atoms with Crippen LogP contribution in [0, 0.1) is 0 Å². The van der Waals surface area contributed by atoms with E-state index in [0.717, 1.165) is 0 Å². The largest absolute Gasteiger partial charge is 0.495 e. The smallest absolute Gasteiger partial charge is 0.139 e. The monoisotopic (exact) mass is 291 g/mol. The second-order valence-corrected chi connectivity index (χ2v) is 4.41. The highest BCUT2D eigenvalue weighted by molar-refractivity contribution is 6.34. The van der Waals surface area contributed by atoms with Gasteiger partial charge in [-0.1, -0.05) is 17.7 Å². The summed E-state index contributed by atoms with van der Waals surface area (Å²) in [4.78, 5) is 8.27. The fourth-order valence-corrected chi connectivity index (χ4v) is 1.88. The zero-order valence-corrected chi connectivity index (χ0v) is 11.6. The van der Waals surface area contributed by atoms with Crippen LogP contribution in [-0.2, 0) is 6.61 Å². The lowest BCUT2D eigenvalue weighted by Crippen LogP contribution is -1.99. The number of nitrogens with zero attached hydrogens (tertiary/aromatic N) is 2. The first-order valence-electron chi connectivity index (χ1n) is 5.87. The van der Waals surface area contributed by atoms with Crippen LogP contribution in [0.25, 0.3) is 0 Å². The van der Waals surface area contributed by atoms with Crippen LogP contribution in [-0.4, -0.2) is 23.4 Å². The lowest BCUT2D eigenvalue weighted by Gasteiger charge is -2.05. The molecule has 1 aromatic heterocycles. The molecule has 0 bridgehead atoms. The number of nitrogen functional groups attached to an aromatic ring is 1. The minimum absolute atomic E-state index is 0.103. The van der Waals surface area contributed by atoms with E-state index in [2.05, 4.69) is 9.98 Å². The summed E-state index contributed by atoms with van der Waals surface area (Å²) in [5.41, 5.74) is 7.62. The molecule has 0 radical (unpaired) electrons. The van der Waals surface area contributed by atoms with Crippen LogP contribution < -0.4 is 10.5 Å². The highest BCUT2D eigenvalue weighted by atomic mass is 35.5. The van der Waals surface area contributed by atoms with Crippen molar-refractivity contribution in [1.29, 1.82) is 0 Å². The molecule has 2 rings (SSSR count). The fourth-order valence-electron chi connectivity index (χ4n) is 1.62. The SMILES string of the molecule is COc1cccc(N=Cc2cc(CO)cnc2N)c1Cl. The Morgan fingerprint density at radius 3 is 3.00 bits per heavy atom. The predicted molar refractivity (Wildman–Crippen MR) is 79.8 cm³/mol. The van der Waals surface area contributed by atoms with Gasteiger partial charge in [0.15, 0.2) is 0 Å². The van der Waals surface area contributed by atoms with Crippen LogP contribution >= 0.6 is 11.6 Å². The van der Waals surface area contributed by atoms with Gasteiger partial charge in [-0.2, -0.15) is 0 Å². The molecule has 0 amide bonds. The number of hydrogen-bond donors (Lipinski definition) is 2. The molecule has 3 N–H and O–H groups in total. The minimum Gasteiger partial charge on any atom is -0.495 e. The summed E-state index contributed by atoms with van der Waals surface area (Å²) in [6.45, 7) is -0.103. The van der Waals surface area contributed by atoms with Gasteiger partial charge in [0.2, 0.25) is 0 Å². The third-order valence-corrected chi connectivity index (χ3v) is 3.07. The number of aliphatic imine (C=N–C) groups is 1. The second kappa shape index (κ2) is 6.36. The molecule has 0 saturated heterocycles. The van der Waals surface area contributed by atoms with E-state index >= 15 is 0 Å². The van der Waals surface area contributed by atoms with Crippen molar-refractivity contribution in [1.82, 2.24) is 4.98 Å². The molecule has 0 saturated carbocycles. The number of benzene rings is 1. The molecule has 0 fully saturated rings. The van der Waals surface area contributed by atoms with Crippen molar-refractivity contribution < 1.29 is 9.84 Å². The van der Waals surface area contributed by atoms with Gasteiger partial charge in [0, 0.05) is 18.0 Å². The van der Waals surface area contributed by atoms with Crippen LogP contribution in [0.5, 0.6) is 5.75 Å². The maximum absolute atomic E-state index is 9.09. The van der Waals surface area contributed by atoms with Gasteiger partial charge in [0.1, 0.15) is 16.6 Å². The summed E-state index contributed by atoms with van der Waals surface area (Å²) in [7, 11) is 1.54. The van der Waals surface area contributed by atoms with Crippen LogP contribution in [0.2, 0.25) is 5.02 Å². The first-order chi connectivity index (χ1) is 9.65. The maximum Gasteiger partial charge on any atom is 0.139 e. The Labute approximate surface area is 121 Å². The Kier molecular flexibility index (Phi) is 4.55. The van der Waals surface area contributed by atoms with Crippen LogP contribution in [0.4, 0.5) is 11.5 Å². The number of aromatic nitrogens is 1. The van der Waals surface area contributed by atoms with Crippen molar-refractivity contribution in [3.05, 3.63) is 46.6 Å². The summed E-state index contributed by atoms with van der Waals surface area (Å²) < 4.78 is 5.12. The number of ether oxygens (including phenoxy) is 1. The molecule has 5 nitrogen and oxygen atoms in total. The summed E-state index contributed by atoms with van der Waals surface area (Å²) in [5.74, 6) is 0.890. The van der Waals surface area contributed by atoms with E-state index in [9.17, 15) is 0 Å². The topological polar surface area (TPSA) is 80.7 Å². The molecular formula is C14H14ClN3O2. The number of hydrogen-bond acceptors (Lipinski definition) is 5. The van der Waals surface area contributed by atoms with Crippen molar-refractivity contribution in [2.45, 2.75) is 6.61 Å². The molecule has 0 aliphatic heterocycles. The van der Waals surface area contributed by atoms with E-state index in [-0.39, 0.29) is 6.61 Å². The van der Waals surface area contributed by atoms with Gasteiger partial charge < -0.3 is 15.6 Å². The molecule has 0 unspecified atom stereocenters. The van der Waals surface area contributed by atoms with Crippen molar-refractivity contribution in [2.24, 2.45) is 4.99 Å². The zero-order chi connectivity index (χ0) is 14.5. The number of pyridine rings is 1. The Bertz CT molecular complexity index is 640. The number of aliphatic hydroxyl groups is 1. The van der Waals surface area contributed by atoms with E-state index in [1.165, 1.54) is 6.20 Å². The highest BCUT2D eigenvalue weighted by Crippen LogP contribution is 2.33. The summed E-state index contributed by atoms with van der Waals surface area (Å²) in [6, 6.07) is 7.04. The Balaban J connectivity index is 2.34. The van der Waals surface area contributed by atoms with Crippen LogP contribution in [0.1, 0.15) is 11.1 Å². The highest BCUT2D eigenvalue weighted by Gasteiger charge is 2.05. The number of aliphatic hydroxyl groups excluding tert-OH is 1. The van der Waals surface area contributed by atoms with Gasteiger partial charge in [-0.3, -0.25) is 4.99 Å². The van der Waals surface area contributed by atoms with Crippen molar-refractivity contribution in [2.75, 3.05) is 12.8 Å². The van der Waals surface area contributed by atoms with Gasteiger partial charge in [-0.25, -0.2) is 4.98 Å². The van der Waals surface area contributed by atoms with Crippen molar-refractivity contribution in [3.8, 4) is 5.75 Å². The summed E-state index contributed by atoms with van der Waals surface area (Å²) in [5, 5.41) is 9.51. The van der Waals surface area contributed by atoms with Gasteiger partial charge >= 0.3 is 0 Å². The van der Waals surface area contributed by atoms with Gasteiger partial charge in [0.05, 0.1) is 19.4 Å². The predicted octanol–water partition coefficient (Wildman–Crippen LogP) is 2.57. The molecular weight excluding hydrogens is 278 g/mol. The third kappa shape index (κ3) is 3.07. The number of anilines is 1. The van der Waals surface area contributed by atoms with E-state index in [1.54, 1.807) is 37.6 Å². The molecule has 1 aromatic carbocycles. The second-order valence-electron chi connectivity index (χ2n) is 4.03. The molecule has 2 aromatic rings. The van der Waals surface area contributed by atoms with Gasteiger partial charge in [0.25, 0.3) is 0 Å². The van der Waals surface area contributed by atoms with Crippen molar-refractivity contribution in [3.63, 3.8) is 0 Å². The molecule has 0 spiro atoms. The molecule has 0 atom stereocenters. The lowest BCUT2D eigenvalue weighted by molar-refractivity contribution is 0.281. The molecule has 0 aliphatic rings. The lowest BCUT2D eigenvalue weighted by atomic mass is 10.2. The Hall–Kier alpha value is -2.11. The minimum atomic E-state index is -0.103. The Morgan fingerprint density at radius 2 is 2.30 bits per heavy atom. The van der Waals surface area contributed by atoms with Crippen molar-refractivity contribution >= 4 is 29.3 Å². The van der Waals surface area contributed by atoms with Crippen LogP contribution in [0.3, 0.4) is 0 Å². The quantitative estimate of drug-likeness (QED) is 0.848. The Morgan fingerprint density at radius 1 is 1.50 bits per heavy atom. The van der Waals surface area contributed by atoms with E-state index in [1.807, 2.05) is 0 Å². The number of nitrogens with two attached hydrogens (primary N) is 1. The molecule has 104 valence electrons. The number of rotatable bonds is 4. The average molecular weight is 292 g/mol. The molecule has 6 heteroatoms. The molecule has 1 heterocycles. The normalized spacial score (nSPS) is 10.9. The fraction of sp³-hybridized carbons (Fsp3) is 0.143. The molecule has 0 aliphatic carbocycles. The van der Waals surface area contributed by atoms with E-state index in [0.29, 0.717) is 33.4 Å². The van der Waals surface area contributed by atoms with E-state index in [4.69, 9.17) is 27.2 Å². The summed E-state index contributed by atoms with van der Waals surface area (Å²) in [6.07, 6.45) is 3.08. The number of halogens is 1. The van der Waals surface area contributed by atoms with Gasteiger partial charge in [-0.15, -0.1) is 0 Å². The standard InChI is InChI=1S/C14H14ClN3O2/c1-20-12-4-2-3-11(13(12)15)17-7-10-5-9(8-19)6-18-14(10)16/h2-7,19H,8H2,1H3,(H2,16,18). The first kappa shape index (κ1) is 14.3. The maximum atomic E-state index is 9.09. The summed E-state index contributed by atoms with van der Waals surface area (Å²) >= 11 is 6.15. The van der Waals surface area contributed by atoms with E-state index < -0.39 is 0 Å². The van der Waals surface area contributed by atoms with Gasteiger partial charge in [-0.05, 0) is 23.8 Å². The number of methoxy groups -OCH3 is 1. The average Bonchev–Trinajstić information content (AvgIpc) is 2.47. The molecule has 20 heavy (non-hydrogen) atoms. The first-order valence-corrected chi connectivity index (χ1v) is 6.25.